The van der Waals surface area contributed by atoms with E-state index in [1.165, 1.54) is 49.6 Å². The number of hydrogen-bond donors (Lipinski definition) is 4. The van der Waals surface area contributed by atoms with Crippen LogP contribution >= 0.6 is 0 Å². The molecule has 3 aromatic heterocycles. The Balaban J connectivity index is 0.951. The number of ether oxygens (including phenoxy) is 3. The van der Waals surface area contributed by atoms with E-state index in [4.69, 9.17) is 14.2 Å². The van der Waals surface area contributed by atoms with Crippen LogP contribution in [0.15, 0.2) is 71.9 Å². The molecule has 1 amide bonds. The fourth-order valence-corrected chi connectivity index (χ4v) is 12.0. The molecule has 0 unspecified atom stereocenters. The standard InChI is InChI=1S/C52H65FN8O9S/c1-32(2)37-9-6-7-10-38(37)39-11-8-12-43(39)60-30-52(31-60)19-21-59(22-20-52)35-13-14-40(45(23-35)70-46-25-41-42(53)28-56-47(41)57-50(46)69-29-33(3)68-5)49(62)58-71(66,67)36-24-44(61(64)65)48(55-27-36)54-26-34-15-17-51(4,63)18-16-34/h6-7,9-10,13-14,23-25,27-28,32-34,39,43,63H,8,11-12,15-22,26,29-31H2,1-5H3,(H,54,55)(H,56,57)(H,58,62)/t33-,34?,39-,43-,51?/m0/s1. The summed E-state index contributed by atoms with van der Waals surface area (Å²) in [4.78, 5) is 41.4. The van der Waals surface area contributed by atoms with Crippen molar-refractivity contribution in [3.63, 3.8) is 0 Å². The molecule has 71 heavy (non-hydrogen) atoms. The number of nitrogens with one attached hydrogen (secondary N) is 3. The molecule has 2 saturated heterocycles. The van der Waals surface area contributed by atoms with Crippen LogP contribution in [0.5, 0.6) is 17.4 Å². The fourth-order valence-electron chi connectivity index (χ4n) is 11.1. The van der Waals surface area contributed by atoms with Crippen molar-refractivity contribution < 1.29 is 41.8 Å². The van der Waals surface area contributed by atoms with Crippen LogP contribution in [0.25, 0.3) is 11.0 Å². The third kappa shape index (κ3) is 10.8. The lowest BCUT2D eigenvalue weighted by molar-refractivity contribution is -0.384. The average Bonchev–Trinajstić information content (AvgIpc) is 3.97. The van der Waals surface area contributed by atoms with Crippen molar-refractivity contribution in [2.24, 2.45) is 11.3 Å². The summed E-state index contributed by atoms with van der Waals surface area (Å²) in [5, 5.41) is 25.6. The van der Waals surface area contributed by atoms with Gasteiger partial charge in [0.15, 0.2) is 5.75 Å². The van der Waals surface area contributed by atoms with Crippen LogP contribution in [0.1, 0.15) is 119 Å². The second-order valence-electron chi connectivity index (χ2n) is 20.8. The number of methoxy groups -OCH3 is 1. The number of aliphatic hydroxyl groups is 1. The zero-order valence-corrected chi connectivity index (χ0v) is 41.9. The number of fused-ring (bicyclic) bond motifs is 1. The number of halogens is 1. The van der Waals surface area contributed by atoms with Crippen molar-refractivity contribution in [2.45, 2.75) is 120 Å². The Morgan fingerprint density at radius 2 is 1.77 bits per heavy atom. The van der Waals surface area contributed by atoms with Crippen molar-refractivity contribution in [1.29, 1.82) is 0 Å². The summed E-state index contributed by atoms with van der Waals surface area (Å²) in [5.41, 5.74) is 2.54. The van der Waals surface area contributed by atoms with Crippen LogP contribution in [0.3, 0.4) is 0 Å². The van der Waals surface area contributed by atoms with E-state index in [0.29, 0.717) is 50.1 Å². The normalized spacial score (nSPS) is 22.9. The maximum atomic E-state index is 15.0. The number of amides is 1. The van der Waals surface area contributed by atoms with Gasteiger partial charge in [-0.1, -0.05) is 44.5 Å². The van der Waals surface area contributed by atoms with Crippen LogP contribution in [0.2, 0.25) is 0 Å². The van der Waals surface area contributed by atoms with Gasteiger partial charge in [-0.25, -0.2) is 22.5 Å². The fraction of sp³-hybridized carbons (Fsp3) is 0.519. The number of piperidine rings is 1. The van der Waals surface area contributed by atoms with Crippen molar-refractivity contribution in [3.8, 4) is 17.4 Å². The van der Waals surface area contributed by atoms with Crippen LogP contribution in [0, 0.1) is 27.3 Å². The average molecular weight is 997 g/mol. The predicted molar refractivity (Wildman–Crippen MR) is 268 cm³/mol. The minimum absolute atomic E-state index is 0.0262. The van der Waals surface area contributed by atoms with Crippen LogP contribution < -0.4 is 24.4 Å². The number of nitro groups is 1. The highest BCUT2D eigenvalue weighted by atomic mass is 32.2. The van der Waals surface area contributed by atoms with Crippen LogP contribution in [0.4, 0.5) is 21.6 Å². The van der Waals surface area contributed by atoms with Gasteiger partial charge in [-0.05, 0) is 112 Å². The molecule has 380 valence electrons. The highest BCUT2D eigenvalue weighted by Crippen LogP contribution is 2.49. The first kappa shape index (κ1) is 50.1. The summed E-state index contributed by atoms with van der Waals surface area (Å²) in [7, 11) is -3.22. The lowest BCUT2D eigenvalue weighted by atomic mass is 9.70. The SMILES string of the molecule is CO[C@@H](C)COc1nc2[nH]cc(F)c2cc1Oc1cc(N2CCC3(CC2)CN([C@H]2CCC[C@H]2c2ccccc2C(C)C)C3)ccc1C(=O)NS(=O)(=O)c1cnc(NCC2CCC(C)(O)CC2)c([N+](=O)[O-])c1. The van der Waals surface area contributed by atoms with Crippen molar-refractivity contribution in [1.82, 2.24) is 24.6 Å². The summed E-state index contributed by atoms with van der Waals surface area (Å²) in [6, 6.07) is 16.6. The smallest absolute Gasteiger partial charge is 0.312 e. The second-order valence-corrected chi connectivity index (χ2v) is 22.5. The Bertz CT molecular complexity index is 2870. The Kier molecular flexibility index (Phi) is 14.3. The second kappa shape index (κ2) is 20.3. The van der Waals surface area contributed by atoms with Gasteiger partial charge in [-0.3, -0.25) is 19.8 Å². The molecule has 4 fully saturated rings. The number of carbonyl (C=O) groups is 1. The van der Waals surface area contributed by atoms with E-state index in [1.807, 2.05) is 0 Å². The number of aromatic amines is 1. The third-order valence-electron chi connectivity index (χ3n) is 15.4. The Morgan fingerprint density at radius 1 is 1.03 bits per heavy atom. The molecule has 2 aromatic carbocycles. The zero-order chi connectivity index (χ0) is 50.2. The van der Waals surface area contributed by atoms with Crippen molar-refractivity contribution in [2.75, 3.05) is 56.7 Å². The minimum atomic E-state index is -4.75. The summed E-state index contributed by atoms with van der Waals surface area (Å²) < 4.78 is 62.7. The van der Waals surface area contributed by atoms with Crippen LogP contribution in [-0.2, 0) is 14.8 Å². The van der Waals surface area contributed by atoms with Crippen molar-refractivity contribution >= 4 is 44.2 Å². The number of sulfonamides is 1. The number of aromatic nitrogens is 3. The number of hydrogen-bond acceptors (Lipinski definition) is 14. The van der Waals surface area contributed by atoms with E-state index >= 15 is 4.39 Å². The topological polar surface area (TPSA) is 214 Å². The molecular weight excluding hydrogens is 932 g/mol. The number of H-pyrrole nitrogens is 1. The van der Waals surface area contributed by atoms with E-state index < -0.39 is 42.9 Å². The number of likely N-dealkylation sites (tertiary alicyclic amines) is 1. The molecule has 3 atom stereocenters. The van der Waals surface area contributed by atoms with Gasteiger partial charge in [0.1, 0.15) is 28.7 Å². The largest absolute Gasteiger partial charge is 0.472 e. The van der Waals surface area contributed by atoms with Crippen LogP contribution in [-0.4, -0.2) is 108 Å². The van der Waals surface area contributed by atoms with E-state index in [2.05, 4.69) is 72.9 Å². The third-order valence-corrected chi connectivity index (χ3v) is 16.7. The van der Waals surface area contributed by atoms with Gasteiger partial charge in [0.2, 0.25) is 5.82 Å². The van der Waals surface area contributed by atoms with Gasteiger partial charge in [-0.15, -0.1) is 0 Å². The van der Waals surface area contributed by atoms with E-state index in [0.717, 1.165) is 63.2 Å². The highest BCUT2D eigenvalue weighted by molar-refractivity contribution is 7.90. The highest BCUT2D eigenvalue weighted by Gasteiger charge is 2.49. The summed E-state index contributed by atoms with van der Waals surface area (Å²) in [5.74, 6) is -0.793. The lowest BCUT2D eigenvalue weighted by Gasteiger charge is -2.57. The molecule has 17 nitrogen and oxygen atoms in total. The Morgan fingerprint density at radius 3 is 2.49 bits per heavy atom. The van der Waals surface area contributed by atoms with Gasteiger partial charge in [-0.2, -0.15) is 4.98 Å². The molecule has 2 aliphatic carbocycles. The number of carbonyl (C=O) groups excluding carboxylic acids is 1. The summed E-state index contributed by atoms with van der Waals surface area (Å²) in [6.45, 7) is 12.1. The monoisotopic (exact) mass is 996 g/mol. The molecule has 19 heteroatoms. The van der Waals surface area contributed by atoms with E-state index in [9.17, 15) is 28.4 Å². The van der Waals surface area contributed by atoms with Crippen molar-refractivity contribution in [3.05, 3.63) is 99.6 Å². The quantitative estimate of drug-likeness (QED) is 0.0506. The molecule has 5 aromatic rings. The minimum Gasteiger partial charge on any atom is -0.472 e. The molecule has 9 rings (SSSR count). The molecule has 2 aliphatic heterocycles. The number of anilines is 2. The van der Waals surface area contributed by atoms with Gasteiger partial charge < -0.3 is 34.5 Å². The maximum Gasteiger partial charge on any atom is 0.312 e. The molecular formula is C52H65FN8O9S. The molecule has 4 N–H and O–H groups in total. The zero-order valence-electron chi connectivity index (χ0n) is 41.1. The van der Waals surface area contributed by atoms with Gasteiger partial charge in [0.25, 0.3) is 21.8 Å². The first-order valence-electron chi connectivity index (χ1n) is 24.8. The molecule has 2 saturated carbocycles. The number of nitrogens with zero attached hydrogens (tertiary/aromatic N) is 5. The summed E-state index contributed by atoms with van der Waals surface area (Å²) in [6.07, 6.45) is 9.92. The van der Waals surface area contributed by atoms with Gasteiger partial charge >= 0.3 is 5.69 Å². The van der Waals surface area contributed by atoms with Gasteiger partial charge in [0, 0.05) is 76.0 Å². The maximum absolute atomic E-state index is 15.0. The molecule has 0 bridgehead atoms. The number of pyridine rings is 2. The lowest BCUT2D eigenvalue weighted by Crippen LogP contribution is -2.63. The summed E-state index contributed by atoms with van der Waals surface area (Å²) >= 11 is 0. The molecule has 1 spiro atoms. The number of rotatable bonds is 17. The molecule has 4 aliphatic rings. The first-order valence-corrected chi connectivity index (χ1v) is 26.3. The number of benzene rings is 2. The van der Waals surface area contributed by atoms with E-state index in [-0.39, 0.29) is 63.8 Å². The molecule has 5 heterocycles. The Hall–Kier alpha value is -5.89. The predicted octanol–water partition coefficient (Wildman–Crippen LogP) is 9.04. The van der Waals surface area contributed by atoms with E-state index in [1.54, 1.807) is 26.0 Å². The van der Waals surface area contributed by atoms with Gasteiger partial charge in [0.05, 0.1) is 33.8 Å². The molecule has 0 radical (unpaired) electrons. The Labute approximate surface area is 414 Å². The first-order chi connectivity index (χ1) is 33.9.